The molecule has 20 heavy (non-hydrogen) atoms. The van der Waals surface area contributed by atoms with E-state index in [1.54, 1.807) is 7.05 Å². The second-order valence-electron chi connectivity index (χ2n) is 5.16. The summed E-state index contributed by atoms with van der Waals surface area (Å²) in [6.45, 7) is 2.35. The molecule has 1 aromatic heterocycles. The molecule has 1 N–H and O–H groups in total. The highest BCUT2D eigenvalue weighted by Crippen LogP contribution is 2.25. The maximum Gasteiger partial charge on any atom is 0.336 e. The molecule has 0 amide bonds. The lowest BCUT2D eigenvalue weighted by molar-refractivity contribution is 0.0697. The van der Waals surface area contributed by atoms with E-state index in [-0.39, 0.29) is 9.77 Å². The van der Waals surface area contributed by atoms with E-state index in [0.29, 0.717) is 12.5 Å². The molecule has 0 saturated carbocycles. The second kappa shape index (κ2) is 5.80. The van der Waals surface area contributed by atoms with Crippen LogP contribution < -0.4 is 0 Å². The Bertz CT molecular complexity index is 596. The van der Waals surface area contributed by atoms with Crippen LogP contribution in [-0.2, 0) is 10.0 Å². The van der Waals surface area contributed by atoms with Gasteiger partial charge in [0.1, 0.15) is 4.21 Å². The van der Waals surface area contributed by atoms with Crippen molar-refractivity contribution in [2.24, 2.45) is 5.92 Å². The predicted octanol–water partition coefficient (Wildman–Crippen LogP) is 1.02. The number of carboxylic acid groups (broad SMARTS) is 1. The number of aromatic carboxylic acids is 1. The minimum Gasteiger partial charge on any atom is -0.478 e. The van der Waals surface area contributed by atoms with Gasteiger partial charge < -0.3 is 10.0 Å². The monoisotopic (exact) mass is 318 g/mol. The molecule has 2 rings (SSSR count). The van der Waals surface area contributed by atoms with E-state index in [0.717, 1.165) is 30.8 Å². The fourth-order valence-corrected chi connectivity index (χ4v) is 4.96. The maximum atomic E-state index is 12.4. The van der Waals surface area contributed by atoms with Crippen LogP contribution in [0.25, 0.3) is 0 Å². The Balaban J connectivity index is 2.10. The zero-order valence-electron chi connectivity index (χ0n) is 11.4. The van der Waals surface area contributed by atoms with Crippen LogP contribution in [0.4, 0.5) is 0 Å². The summed E-state index contributed by atoms with van der Waals surface area (Å²) in [6.07, 6.45) is 0.987. The molecule has 1 aliphatic rings. The predicted molar refractivity (Wildman–Crippen MR) is 76.7 cm³/mol. The molecule has 0 aromatic carbocycles. The molecule has 1 aromatic rings. The molecule has 1 aliphatic heterocycles. The van der Waals surface area contributed by atoms with Crippen LogP contribution in [0.3, 0.4) is 0 Å². The Morgan fingerprint density at radius 3 is 2.80 bits per heavy atom. The Morgan fingerprint density at radius 2 is 2.30 bits per heavy atom. The fourth-order valence-electron chi connectivity index (χ4n) is 2.35. The van der Waals surface area contributed by atoms with E-state index in [9.17, 15) is 13.2 Å². The molecule has 112 valence electrons. The molecule has 1 atom stereocenters. The highest BCUT2D eigenvalue weighted by atomic mass is 32.2. The minimum absolute atomic E-state index is 0.0163. The number of likely N-dealkylation sites (tertiary alicyclic amines) is 1. The van der Waals surface area contributed by atoms with E-state index in [1.807, 2.05) is 7.05 Å². The van der Waals surface area contributed by atoms with Gasteiger partial charge in [-0.25, -0.2) is 13.2 Å². The third kappa shape index (κ3) is 3.20. The van der Waals surface area contributed by atoms with E-state index < -0.39 is 16.0 Å². The maximum absolute atomic E-state index is 12.4. The third-order valence-electron chi connectivity index (χ3n) is 3.49. The van der Waals surface area contributed by atoms with Gasteiger partial charge >= 0.3 is 5.97 Å². The quantitative estimate of drug-likeness (QED) is 0.877. The molecular formula is C12H18N2O4S2. The first kappa shape index (κ1) is 15.4. The Hall–Kier alpha value is -0.960. The zero-order chi connectivity index (χ0) is 14.9. The van der Waals surface area contributed by atoms with Crippen molar-refractivity contribution in [1.82, 2.24) is 9.21 Å². The highest BCUT2D eigenvalue weighted by Gasteiger charge is 2.28. The molecule has 0 bridgehead atoms. The molecular weight excluding hydrogens is 300 g/mol. The van der Waals surface area contributed by atoms with Crippen molar-refractivity contribution in [2.75, 3.05) is 33.7 Å². The molecule has 1 saturated heterocycles. The summed E-state index contributed by atoms with van der Waals surface area (Å²) < 4.78 is 26.1. The van der Waals surface area contributed by atoms with Crippen molar-refractivity contribution in [3.8, 4) is 0 Å². The molecule has 0 radical (unpaired) electrons. The molecule has 0 aliphatic carbocycles. The average Bonchev–Trinajstić information content (AvgIpc) is 2.98. The summed E-state index contributed by atoms with van der Waals surface area (Å²) in [5, 5.41) is 10.2. The molecule has 0 spiro atoms. The van der Waals surface area contributed by atoms with Gasteiger partial charge in [-0.3, -0.25) is 0 Å². The van der Waals surface area contributed by atoms with Gasteiger partial charge in [0.05, 0.1) is 5.56 Å². The SMILES string of the molecule is CN1CCC(CN(C)S(=O)(=O)c2cc(C(=O)O)cs2)C1. The van der Waals surface area contributed by atoms with Crippen LogP contribution in [0.1, 0.15) is 16.8 Å². The van der Waals surface area contributed by atoms with Crippen molar-refractivity contribution in [2.45, 2.75) is 10.6 Å². The highest BCUT2D eigenvalue weighted by molar-refractivity contribution is 7.91. The number of thiophene rings is 1. The molecule has 6 nitrogen and oxygen atoms in total. The smallest absolute Gasteiger partial charge is 0.336 e. The van der Waals surface area contributed by atoms with Crippen molar-refractivity contribution in [3.05, 3.63) is 17.0 Å². The number of sulfonamides is 1. The topological polar surface area (TPSA) is 77.9 Å². The van der Waals surface area contributed by atoms with E-state index in [2.05, 4.69) is 4.90 Å². The summed E-state index contributed by atoms with van der Waals surface area (Å²) in [7, 11) is -0.0165. The lowest BCUT2D eigenvalue weighted by atomic mass is 10.1. The molecule has 2 heterocycles. The second-order valence-corrected chi connectivity index (χ2v) is 8.35. The Labute approximate surface area is 122 Å². The average molecular weight is 318 g/mol. The van der Waals surface area contributed by atoms with Crippen molar-refractivity contribution in [1.29, 1.82) is 0 Å². The van der Waals surface area contributed by atoms with Gasteiger partial charge in [-0.15, -0.1) is 11.3 Å². The van der Waals surface area contributed by atoms with Crippen LogP contribution in [0.2, 0.25) is 0 Å². The number of carboxylic acids is 1. The van der Waals surface area contributed by atoms with Crippen LogP contribution in [0.15, 0.2) is 15.7 Å². The lowest BCUT2D eigenvalue weighted by Crippen LogP contribution is -2.32. The lowest BCUT2D eigenvalue weighted by Gasteiger charge is -2.20. The van der Waals surface area contributed by atoms with Crippen LogP contribution >= 0.6 is 11.3 Å². The summed E-state index contributed by atoms with van der Waals surface area (Å²) >= 11 is 0.951. The van der Waals surface area contributed by atoms with Gasteiger partial charge in [0.2, 0.25) is 0 Å². The largest absolute Gasteiger partial charge is 0.478 e. The number of rotatable bonds is 5. The number of hydrogen-bond acceptors (Lipinski definition) is 5. The normalized spacial score (nSPS) is 20.6. The Morgan fingerprint density at radius 1 is 1.60 bits per heavy atom. The van der Waals surface area contributed by atoms with Gasteiger partial charge in [0.15, 0.2) is 0 Å². The molecule has 1 fully saturated rings. The van der Waals surface area contributed by atoms with Crippen LogP contribution in [0, 0.1) is 5.92 Å². The zero-order valence-corrected chi connectivity index (χ0v) is 13.1. The number of nitrogens with zero attached hydrogens (tertiary/aromatic N) is 2. The van der Waals surface area contributed by atoms with Crippen molar-refractivity contribution in [3.63, 3.8) is 0 Å². The first-order valence-electron chi connectivity index (χ1n) is 6.27. The summed E-state index contributed by atoms with van der Waals surface area (Å²) in [5.74, 6) is -0.776. The van der Waals surface area contributed by atoms with Crippen molar-refractivity contribution < 1.29 is 18.3 Å². The van der Waals surface area contributed by atoms with E-state index in [1.165, 1.54) is 15.8 Å². The minimum atomic E-state index is -3.59. The fraction of sp³-hybridized carbons (Fsp3) is 0.583. The molecule has 8 heteroatoms. The van der Waals surface area contributed by atoms with Crippen LogP contribution in [0.5, 0.6) is 0 Å². The number of hydrogen-bond donors (Lipinski definition) is 1. The van der Waals surface area contributed by atoms with Gasteiger partial charge in [-0.05, 0) is 32.0 Å². The summed E-state index contributed by atoms with van der Waals surface area (Å²) in [4.78, 5) is 13.0. The summed E-state index contributed by atoms with van der Waals surface area (Å²) in [5.41, 5.74) is 0.0163. The van der Waals surface area contributed by atoms with Gasteiger partial charge in [-0.1, -0.05) is 0 Å². The molecule has 1 unspecified atom stereocenters. The number of carbonyl (C=O) groups is 1. The van der Waals surface area contributed by atoms with Gasteiger partial charge in [-0.2, -0.15) is 4.31 Å². The summed E-state index contributed by atoms with van der Waals surface area (Å²) in [6, 6.07) is 1.22. The van der Waals surface area contributed by atoms with E-state index in [4.69, 9.17) is 5.11 Å². The van der Waals surface area contributed by atoms with Gasteiger partial charge in [0, 0.05) is 25.5 Å². The van der Waals surface area contributed by atoms with E-state index >= 15 is 0 Å². The third-order valence-corrected chi connectivity index (χ3v) is 6.73. The van der Waals surface area contributed by atoms with Crippen LogP contribution in [-0.4, -0.2) is 62.4 Å². The standard InChI is InChI=1S/C12H18N2O4S2/c1-13-4-3-9(6-13)7-14(2)20(17,18)11-5-10(8-19-11)12(15)16/h5,8-9H,3-4,6-7H2,1-2H3,(H,15,16). The Kier molecular flexibility index (Phi) is 4.48. The first-order valence-corrected chi connectivity index (χ1v) is 8.59. The first-order chi connectivity index (χ1) is 9.30. The van der Waals surface area contributed by atoms with Crippen molar-refractivity contribution >= 4 is 27.3 Å². The van der Waals surface area contributed by atoms with Gasteiger partial charge in [0.25, 0.3) is 10.0 Å².